The minimum absolute atomic E-state index is 0.204. The normalized spacial score (nSPS) is 15.7. The van der Waals surface area contributed by atoms with Crippen LogP contribution >= 0.6 is 11.5 Å². The van der Waals surface area contributed by atoms with Crippen LogP contribution in [0, 0.1) is 6.92 Å². The van der Waals surface area contributed by atoms with Gasteiger partial charge >= 0.3 is 0 Å². The first-order chi connectivity index (χ1) is 12.1. The fourth-order valence-electron chi connectivity index (χ4n) is 2.80. The molecule has 3 heterocycles. The van der Waals surface area contributed by atoms with Crippen LogP contribution in [0.4, 0.5) is 0 Å². The fraction of sp³-hybridized carbons (Fsp3) is 0.294. The molecule has 2 aromatic heterocycles. The largest absolute Gasteiger partial charge is 0.490 e. The molecule has 0 aliphatic carbocycles. The van der Waals surface area contributed by atoms with Gasteiger partial charge in [-0.05, 0) is 49.1 Å². The van der Waals surface area contributed by atoms with Crippen molar-refractivity contribution in [2.75, 3.05) is 0 Å². The lowest BCUT2D eigenvalue weighted by Gasteiger charge is -2.02. The Morgan fingerprint density at radius 3 is 3.08 bits per heavy atom. The lowest BCUT2D eigenvalue weighted by Crippen LogP contribution is -2.22. The highest BCUT2D eigenvalue weighted by Crippen LogP contribution is 2.33. The van der Waals surface area contributed by atoms with E-state index in [1.807, 2.05) is 18.2 Å². The van der Waals surface area contributed by atoms with Gasteiger partial charge in [-0.15, -0.1) is 5.10 Å². The molecule has 4 rings (SSSR count). The molecule has 0 bridgehead atoms. The smallest absolute Gasteiger partial charge is 0.265 e. The van der Waals surface area contributed by atoms with E-state index in [1.165, 1.54) is 5.56 Å². The number of rotatable bonds is 4. The van der Waals surface area contributed by atoms with Gasteiger partial charge in [0, 0.05) is 18.1 Å². The van der Waals surface area contributed by atoms with E-state index in [-0.39, 0.29) is 18.6 Å². The highest BCUT2D eigenvalue weighted by Gasteiger charge is 2.20. The second-order valence-electron chi connectivity index (χ2n) is 6.01. The number of hydrogen-bond donors (Lipinski definition) is 1. The standard InChI is InChI=1S/C17H16N4O3S/c1-9-5-12-6-11(3-4-14(12)23-9)15-7-13(20-24-15)8-18-17(22)16-10(2)19-21-25-16/h3-4,6-7,9H,5,8H2,1-2H3,(H,18,22). The van der Waals surface area contributed by atoms with Crippen LogP contribution in [0.25, 0.3) is 11.3 Å². The van der Waals surface area contributed by atoms with Gasteiger partial charge in [0.25, 0.3) is 5.91 Å². The Labute approximate surface area is 148 Å². The third-order valence-corrected chi connectivity index (χ3v) is 4.85. The first kappa shape index (κ1) is 15.8. The summed E-state index contributed by atoms with van der Waals surface area (Å²) in [6.45, 7) is 4.09. The molecule has 8 heteroatoms. The summed E-state index contributed by atoms with van der Waals surface area (Å²) in [5.41, 5.74) is 3.40. The molecule has 1 amide bonds. The predicted octanol–water partition coefficient (Wildman–Crippen LogP) is 2.75. The van der Waals surface area contributed by atoms with Gasteiger partial charge in [0.15, 0.2) is 5.76 Å². The molecule has 1 N–H and O–H groups in total. The number of hydrogen-bond acceptors (Lipinski definition) is 7. The van der Waals surface area contributed by atoms with Crippen molar-refractivity contribution in [3.05, 3.63) is 46.1 Å². The van der Waals surface area contributed by atoms with Gasteiger partial charge in [0.1, 0.15) is 22.4 Å². The molecule has 128 valence electrons. The van der Waals surface area contributed by atoms with E-state index in [4.69, 9.17) is 9.26 Å². The number of ether oxygens (including phenoxy) is 1. The lowest BCUT2D eigenvalue weighted by atomic mass is 10.1. The number of nitrogens with zero attached hydrogens (tertiary/aromatic N) is 3. The molecule has 1 aliphatic rings. The highest BCUT2D eigenvalue weighted by molar-refractivity contribution is 7.07. The average Bonchev–Trinajstić information content (AvgIpc) is 3.30. The number of benzene rings is 1. The third kappa shape index (κ3) is 3.12. The van der Waals surface area contributed by atoms with Crippen molar-refractivity contribution in [2.45, 2.75) is 32.9 Å². The minimum Gasteiger partial charge on any atom is -0.490 e. The molecule has 0 spiro atoms. The Balaban J connectivity index is 1.45. The molecular formula is C17H16N4O3S. The Morgan fingerprint density at radius 2 is 2.28 bits per heavy atom. The van der Waals surface area contributed by atoms with E-state index in [0.717, 1.165) is 29.3 Å². The summed E-state index contributed by atoms with van der Waals surface area (Å²) in [4.78, 5) is 12.6. The Bertz CT molecular complexity index is 934. The number of nitrogens with one attached hydrogen (secondary N) is 1. The number of aromatic nitrogens is 3. The second-order valence-corrected chi connectivity index (χ2v) is 6.76. The number of fused-ring (bicyclic) bond motifs is 1. The van der Waals surface area contributed by atoms with Crippen molar-refractivity contribution in [3.8, 4) is 17.1 Å². The Kier molecular flexibility index (Phi) is 3.96. The highest BCUT2D eigenvalue weighted by atomic mass is 32.1. The van der Waals surface area contributed by atoms with Gasteiger partial charge in [-0.1, -0.05) is 9.64 Å². The molecule has 0 fully saturated rings. The molecule has 0 saturated carbocycles. The van der Waals surface area contributed by atoms with E-state index >= 15 is 0 Å². The number of amides is 1. The zero-order valence-corrected chi connectivity index (χ0v) is 14.6. The van der Waals surface area contributed by atoms with Crippen molar-refractivity contribution >= 4 is 17.4 Å². The van der Waals surface area contributed by atoms with Crippen LogP contribution in [0.3, 0.4) is 0 Å². The van der Waals surface area contributed by atoms with Crippen molar-refractivity contribution in [3.63, 3.8) is 0 Å². The fourth-order valence-corrected chi connectivity index (χ4v) is 3.37. The molecule has 0 saturated heterocycles. The van der Waals surface area contributed by atoms with Gasteiger partial charge in [0.05, 0.1) is 12.2 Å². The summed E-state index contributed by atoms with van der Waals surface area (Å²) in [6.07, 6.45) is 1.10. The first-order valence-electron chi connectivity index (χ1n) is 7.93. The summed E-state index contributed by atoms with van der Waals surface area (Å²) >= 11 is 1.08. The molecule has 1 aliphatic heterocycles. The molecule has 7 nitrogen and oxygen atoms in total. The van der Waals surface area contributed by atoms with E-state index in [9.17, 15) is 4.79 Å². The number of aryl methyl sites for hydroxylation is 1. The molecule has 1 aromatic carbocycles. The summed E-state index contributed by atoms with van der Waals surface area (Å²) in [5, 5.41) is 10.7. The van der Waals surface area contributed by atoms with Gasteiger partial charge in [0.2, 0.25) is 0 Å². The molecule has 3 aromatic rings. The van der Waals surface area contributed by atoms with Crippen LogP contribution in [0.1, 0.15) is 33.5 Å². The van der Waals surface area contributed by atoms with Crippen LogP contribution in [-0.4, -0.2) is 26.8 Å². The lowest BCUT2D eigenvalue weighted by molar-refractivity contribution is 0.0953. The molecule has 1 atom stereocenters. The van der Waals surface area contributed by atoms with Gasteiger partial charge in [-0.2, -0.15) is 0 Å². The maximum absolute atomic E-state index is 12.1. The van der Waals surface area contributed by atoms with Crippen molar-refractivity contribution in [1.82, 2.24) is 20.1 Å². The van der Waals surface area contributed by atoms with E-state index < -0.39 is 0 Å². The summed E-state index contributed by atoms with van der Waals surface area (Å²) < 4.78 is 14.9. The van der Waals surface area contributed by atoms with Crippen LogP contribution in [0.5, 0.6) is 5.75 Å². The third-order valence-electron chi connectivity index (χ3n) is 4.03. The van der Waals surface area contributed by atoms with Crippen molar-refractivity contribution < 1.29 is 14.1 Å². The topological polar surface area (TPSA) is 90.1 Å². The summed E-state index contributed by atoms with van der Waals surface area (Å²) in [5.74, 6) is 1.39. The van der Waals surface area contributed by atoms with E-state index in [0.29, 0.717) is 22.0 Å². The summed E-state index contributed by atoms with van der Waals surface area (Å²) in [6, 6.07) is 7.80. The monoisotopic (exact) mass is 356 g/mol. The number of carbonyl (C=O) groups excluding carboxylic acids is 1. The Hall–Kier alpha value is -2.74. The van der Waals surface area contributed by atoms with Gasteiger partial charge in [-0.3, -0.25) is 4.79 Å². The van der Waals surface area contributed by atoms with Crippen LogP contribution < -0.4 is 10.1 Å². The maximum Gasteiger partial charge on any atom is 0.265 e. The van der Waals surface area contributed by atoms with Crippen LogP contribution in [-0.2, 0) is 13.0 Å². The Morgan fingerprint density at radius 1 is 1.40 bits per heavy atom. The average molecular weight is 356 g/mol. The van der Waals surface area contributed by atoms with Crippen molar-refractivity contribution in [2.24, 2.45) is 0 Å². The molecule has 25 heavy (non-hydrogen) atoms. The first-order valence-corrected chi connectivity index (χ1v) is 8.70. The van der Waals surface area contributed by atoms with Gasteiger partial charge < -0.3 is 14.6 Å². The maximum atomic E-state index is 12.1. The molecule has 0 radical (unpaired) electrons. The van der Waals surface area contributed by atoms with Crippen LogP contribution in [0.2, 0.25) is 0 Å². The summed E-state index contributed by atoms with van der Waals surface area (Å²) in [7, 11) is 0. The number of carbonyl (C=O) groups is 1. The molecular weight excluding hydrogens is 340 g/mol. The molecule has 1 unspecified atom stereocenters. The quantitative estimate of drug-likeness (QED) is 0.773. The van der Waals surface area contributed by atoms with E-state index in [1.54, 1.807) is 6.92 Å². The van der Waals surface area contributed by atoms with Gasteiger partial charge in [-0.25, -0.2) is 0 Å². The minimum atomic E-state index is -0.208. The van der Waals surface area contributed by atoms with E-state index in [2.05, 4.69) is 33.1 Å². The van der Waals surface area contributed by atoms with Crippen LogP contribution in [0.15, 0.2) is 28.8 Å². The second kappa shape index (κ2) is 6.29. The zero-order chi connectivity index (χ0) is 17.4. The predicted molar refractivity (Wildman–Crippen MR) is 91.5 cm³/mol. The SMILES string of the molecule is Cc1nnsc1C(=O)NCc1cc(-c2ccc3c(c2)CC(C)O3)on1. The van der Waals surface area contributed by atoms with Crippen molar-refractivity contribution in [1.29, 1.82) is 0 Å². The zero-order valence-electron chi connectivity index (χ0n) is 13.8.